The maximum atomic E-state index is 3.58. The molecule has 2 rings (SSSR count). The molecule has 0 atom stereocenters. The van der Waals surface area contributed by atoms with Crippen LogP contribution in [0.3, 0.4) is 0 Å². The third-order valence-electron chi connectivity index (χ3n) is 2.45. The number of benzene rings is 2. The van der Waals surface area contributed by atoms with Crippen LogP contribution in [-0.2, 0) is 6.54 Å². The zero-order valence-electron chi connectivity index (χ0n) is 9.00. The smallest absolute Gasteiger partial charge is 0.0253 e. The second-order valence-corrected chi connectivity index (χ2v) is 4.84. The van der Waals surface area contributed by atoms with Crippen molar-refractivity contribution < 1.29 is 0 Å². The van der Waals surface area contributed by atoms with Gasteiger partial charge in [0.2, 0.25) is 0 Å². The lowest BCUT2D eigenvalue weighted by Crippen LogP contribution is -2.10. The van der Waals surface area contributed by atoms with Crippen LogP contribution in [-0.4, -0.2) is 19.0 Å². The summed E-state index contributed by atoms with van der Waals surface area (Å²) in [6, 6.07) is 12.8. The first kappa shape index (κ1) is 10.7. The maximum absolute atomic E-state index is 3.58. The summed E-state index contributed by atoms with van der Waals surface area (Å²) < 4.78 is 1.17. The Bertz CT molecular complexity index is 477. The molecule has 0 bridgehead atoms. The molecule has 2 aromatic rings. The van der Waals surface area contributed by atoms with Crippen LogP contribution in [0.1, 0.15) is 5.56 Å². The van der Waals surface area contributed by atoms with E-state index in [0.29, 0.717) is 0 Å². The highest BCUT2D eigenvalue weighted by Gasteiger charge is 2.04. The zero-order chi connectivity index (χ0) is 10.8. The monoisotopic (exact) mass is 263 g/mol. The molecule has 2 aromatic carbocycles. The van der Waals surface area contributed by atoms with Crippen molar-refractivity contribution >= 4 is 26.7 Å². The second kappa shape index (κ2) is 4.33. The highest BCUT2D eigenvalue weighted by molar-refractivity contribution is 9.10. The molecule has 0 saturated heterocycles. The highest BCUT2D eigenvalue weighted by Crippen LogP contribution is 2.27. The van der Waals surface area contributed by atoms with Gasteiger partial charge in [-0.1, -0.05) is 46.3 Å². The molecule has 0 saturated carbocycles. The fourth-order valence-electron chi connectivity index (χ4n) is 1.80. The quantitative estimate of drug-likeness (QED) is 0.800. The highest BCUT2D eigenvalue weighted by atomic mass is 79.9. The summed E-state index contributed by atoms with van der Waals surface area (Å²) in [5.74, 6) is 0. The van der Waals surface area contributed by atoms with Crippen molar-refractivity contribution in [3.05, 3.63) is 46.4 Å². The van der Waals surface area contributed by atoms with E-state index in [9.17, 15) is 0 Å². The molecule has 0 unspecified atom stereocenters. The summed E-state index contributed by atoms with van der Waals surface area (Å²) in [7, 11) is 4.19. The molecule has 0 radical (unpaired) electrons. The Kier molecular flexibility index (Phi) is 3.08. The van der Waals surface area contributed by atoms with Crippen LogP contribution in [0.25, 0.3) is 10.8 Å². The third kappa shape index (κ3) is 2.21. The molecule has 0 amide bonds. The molecule has 0 spiro atoms. The number of hydrogen-bond donors (Lipinski definition) is 0. The number of nitrogens with zero attached hydrogens (tertiary/aromatic N) is 1. The van der Waals surface area contributed by atoms with Crippen LogP contribution >= 0.6 is 15.9 Å². The van der Waals surface area contributed by atoms with Gasteiger partial charge < -0.3 is 4.90 Å². The fourth-order valence-corrected chi connectivity index (χ4v) is 2.28. The van der Waals surface area contributed by atoms with Crippen molar-refractivity contribution in [2.45, 2.75) is 6.54 Å². The fraction of sp³-hybridized carbons (Fsp3) is 0.231. The van der Waals surface area contributed by atoms with Crippen molar-refractivity contribution in [3.63, 3.8) is 0 Å². The van der Waals surface area contributed by atoms with Gasteiger partial charge in [0, 0.05) is 11.0 Å². The molecule has 0 aliphatic heterocycles. The lowest BCUT2D eigenvalue weighted by atomic mass is 10.0. The summed E-state index contributed by atoms with van der Waals surface area (Å²) in [4.78, 5) is 2.19. The number of halogens is 1. The lowest BCUT2D eigenvalue weighted by Gasteiger charge is -2.12. The molecule has 2 heteroatoms. The molecule has 0 fully saturated rings. The normalized spacial score (nSPS) is 11.2. The van der Waals surface area contributed by atoms with Crippen molar-refractivity contribution in [2.75, 3.05) is 14.1 Å². The minimum atomic E-state index is 0.980. The Morgan fingerprint density at radius 2 is 1.67 bits per heavy atom. The summed E-state index contributed by atoms with van der Waals surface area (Å²) in [5, 5.41) is 2.62. The van der Waals surface area contributed by atoms with Crippen molar-refractivity contribution in [3.8, 4) is 0 Å². The first-order chi connectivity index (χ1) is 7.18. The minimum Gasteiger partial charge on any atom is -0.305 e. The summed E-state index contributed by atoms with van der Waals surface area (Å²) >= 11 is 3.58. The van der Waals surface area contributed by atoms with E-state index < -0.39 is 0 Å². The number of rotatable bonds is 2. The standard InChI is InChI=1S/C13H14BrN/c1-15(2)9-10-7-8-13(14)12-6-4-3-5-11(10)12/h3-8H,9H2,1-2H3. The maximum Gasteiger partial charge on any atom is 0.0253 e. The van der Waals surface area contributed by atoms with E-state index in [2.05, 4.69) is 71.3 Å². The van der Waals surface area contributed by atoms with Crippen LogP contribution in [0.2, 0.25) is 0 Å². The van der Waals surface area contributed by atoms with E-state index in [1.165, 1.54) is 20.8 Å². The summed E-state index contributed by atoms with van der Waals surface area (Å²) in [6.07, 6.45) is 0. The molecule has 0 aliphatic carbocycles. The molecule has 15 heavy (non-hydrogen) atoms. The molecule has 0 heterocycles. The van der Waals surface area contributed by atoms with Gasteiger partial charge in [-0.2, -0.15) is 0 Å². The zero-order valence-corrected chi connectivity index (χ0v) is 10.6. The van der Waals surface area contributed by atoms with Gasteiger partial charge in [-0.05, 0) is 36.5 Å². The molecular weight excluding hydrogens is 250 g/mol. The van der Waals surface area contributed by atoms with Crippen molar-refractivity contribution in [1.82, 2.24) is 4.90 Å². The number of fused-ring (bicyclic) bond motifs is 1. The first-order valence-corrected chi connectivity index (χ1v) is 5.78. The van der Waals surface area contributed by atoms with Gasteiger partial charge in [-0.3, -0.25) is 0 Å². The largest absolute Gasteiger partial charge is 0.305 e. The van der Waals surface area contributed by atoms with E-state index >= 15 is 0 Å². The Balaban J connectivity index is 2.61. The first-order valence-electron chi connectivity index (χ1n) is 4.99. The SMILES string of the molecule is CN(C)Cc1ccc(Br)c2ccccc12. The van der Waals surface area contributed by atoms with Crippen molar-refractivity contribution in [2.24, 2.45) is 0 Å². The predicted molar refractivity (Wildman–Crippen MR) is 69.0 cm³/mol. The van der Waals surface area contributed by atoms with E-state index in [4.69, 9.17) is 0 Å². The molecule has 1 nitrogen and oxygen atoms in total. The Morgan fingerprint density at radius 3 is 2.33 bits per heavy atom. The molecular formula is C13H14BrN. The van der Waals surface area contributed by atoms with Crippen molar-refractivity contribution in [1.29, 1.82) is 0 Å². The minimum absolute atomic E-state index is 0.980. The van der Waals surface area contributed by atoms with Gasteiger partial charge in [0.1, 0.15) is 0 Å². The topological polar surface area (TPSA) is 3.24 Å². The van der Waals surface area contributed by atoms with Crippen LogP contribution in [0.15, 0.2) is 40.9 Å². The second-order valence-electron chi connectivity index (χ2n) is 3.99. The van der Waals surface area contributed by atoms with Gasteiger partial charge in [0.25, 0.3) is 0 Å². The summed E-state index contributed by atoms with van der Waals surface area (Å²) in [6.45, 7) is 0.980. The van der Waals surface area contributed by atoms with Gasteiger partial charge in [-0.25, -0.2) is 0 Å². The Hall–Kier alpha value is -0.860. The van der Waals surface area contributed by atoms with Gasteiger partial charge in [0.15, 0.2) is 0 Å². The Labute approximate surface area is 98.8 Å². The molecule has 0 N–H and O–H groups in total. The van der Waals surface area contributed by atoms with Crippen LogP contribution < -0.4 is 0 Å². The van der Waals surface area contributed by atoms with Gasteiger partial charge >= 0.3 is 0 Å². The average Bonchev–Trinajstić information content (AvgIpc) is 2.22. The van der Waals surface area contributed by atoms with Gasteiger partial charge in [-0.15, -0.1) is 0 Å². The third-order valence-corrected chi connectivity index (χ3v) is 3.14. The summed E-state index contributed by atoms with van der Waals surface area (Å²) in [5.41, 5.74) is 1.37. The van der Waals surface area contributed by atoms with E-state index in [0.717, 1.165) is 6.54 Å². The molecule has 78 valence electrons. The average molecular weight is 264 g/mol. The van der Waals surface area contributed by atoms with Crippen LogP contribution in [0, 0.1) is 0 Å². The predicted octanol–water partition coefficient (Wildman–Crippen LogP) is 3.66. The molecule has 0 aromatic heterocycles. The van der Waals surface area contributed by atoms with Crippen LogP contribution in [0.4, 0.5) is 0 Å². The van der Waals surface area contributed by atoms with Crippen LogP contribution in [0.5, 0.6) is 0 Å². The van der Waals surface area contributed by atoms with E-state index in [1.54, 1.807) is 0 Å². The van der Waals surface area contributed by atoms with E-state index in [1.807, 2.05) is 0 Å². The molecule has 0 aliphatic rings. The Morgan fingerprint density at radius 1 is 1.00 bits per heavy atom. The lowest BCUT2D eigenvalue weighted by molar-refractivity contribution is 0.404. The van der Waals surface area contributed by atoms with E-state index in [-0.39, 0.29) is 0 Å². The van der Waals surface area contributed by atoms with Gasteiger partial charge in [0.05, 0.1) is 0 Å². The number of hydrogen-bond acceptors (Lipinski definition) is 1.